The highest BCUT2D eigenvalue weighted by Crippen LogP contribution is 2.30. The maximum atomic E-state index is 12.6. The van der Waals surface area contributed by atoms with Crippen molar-refractivity contribution in [3.05, 3.63) is 28.8 Å². The first-order valence-electron chi connectivity index (χ1n) is 5.42. The minimum absolute atomic E-state index is 0.122. The van der Waals surface area contributed by atoms with E-state index < -0.39 is 12.7 Å². The number of anilines is 1. The van der Waals surface area contributed by atoms with Crippen LogP contribution in [0.15, 0.2) is 18.2 Å². The molecule has 0 aliphatic heterocycles. The van der Waals surface area contributed by atoms with Crippen molar-refractivity contribution in [2.75, 3.05) is 11.4 Å². The number of halogens is 5. The normalized spacial score (nSPS) is 12.0. The van der Waals surface area contributed by atoms with Crippen molar-refractivity contribution >= 4 is 28.9 Å². The van der Waals surface area contributed by atoms with Crippen LogP contribution in [0.1, 0.15) is 19.4 Å². The van der Waals surface area contributed by atoms with Crippen molar-refractivity contribution in [1.29, 1.82) is 0 Å². The van der Waals surface area contributed by atoms with Crippen molar-refractivity contribution in [1.82, 2.24) is 0 Å². The Labute approximate surface area is 114 Å². The van der Waals surface area contributed by atoms with Gasteiger partial charge in [0, 0.05) is 22.6 Å². The van der Waals surface area contributed by atoms with Crippen LogP contribution in [0.2, 0.25) is 5.02 Å². The third kappa shape index (κ3) is 4.25. The first-order chi connectivity index (χ1) is 8.24. The molecule has 1 aromatic carbocycles. The second kappa shape index (κ2) is 6.02. The van der Waals surface area contributed by atoms with Gasteiger partial charge in [0.25, 0.3) is 0 Å². The molecule has 1 rings (SSSR count). The fourth-order valence-corrected chi connectivity index (χ4v) is 2.09. The molecule has 18 heavy (non-hydrogen) atoms. The second-order valence-corrected chi connectivity index (χ2v) is 4.95. The summed E-state index contributed by atoms with van der Waals surface area (Å²) in [5.74, 6) is 0.122. The Hall–Kier alpha value is -0.610. The molecule has 0 aromatic heterocycles. The molecule has 1 aromatic rings. The van der Waals surface area contributed by atoms with Gasteiger partial charge in [-0.2, -0.15) is 13.2 Å². The Balaban J connectivity index is 3.13. The molecule has 6 heteroatoms. The van der Waals surface area contributed by atoms with Crippen LogP contribution in [0.25, 0.3) is 0 Å². The summed E-state index contributed by atoms with van der Waals surface area (Å²) in [7, 11) is 0. The molecule has 0 unspecified atom stereocenters. The van der Waals surface area contributed by atoms with Crippen LogP contribution in [0.4, 0.5) is 18.9 Å². The lowest BCUT2D eigenvalue weighted by molar-refractivity contribution is -0.120. The van der Waals surface area contributed by atoms with Crippen LogP contribution in [0.3, 0.4) is 0 Å². The molecule has 102 valence electrons. The lowest BCUT2D eigenvalue weighted by Crippen LogP contribution is -2.39. The molecule has 0 heterocycles. The molecule has 0 radical (unpaired) electrons. The zero-order chi connectivity index (χ0) is 13.9. The zero-order valence-corrected chi connectivity index (χ0v) is 11.6. The smallest absolute Gasteiger partial charge is 0.360 e. The van der Waals surface area contributed by atoms with E-state index in [1.165, 1.54) is 4.90 Å². The van der Waals surface area contributed by atoms with Crippen molar-refractivity contribution < 1.29 is 13.2 Å². The van der Waals surface area contributed by atoms with Gasteiger partial charge in [-0.3, -0.25) is 0 Å². The quantitative estimate of drug-likeness (QED) is 0.718. The van der Waals surface area contributed by atoms with Crippen LogP contribution in [-0.2, 0) is 5.88 Å². The van der Waals surface area contributed by atoms with E-state index in [-0.39, 0.29) is 11.9 Å². The van der Waals surface area contributed by atoms with Gasteiger partial charge < -0.3 is 4.90 Å². The molecule has 0 N–H and O–H groups in total. The number of rotatable bonds is 4. The van der Waals surface area contributed by atoms with Crippen molar-refractivity contribution in [3.63, 3.8) is 0 Å². The molecule has 0 spiro atoms. The lowest BCUT2D eigenvalue weighted by Gasteiger charge is -2.31. The van der Waals surface area contributed by atoms with Gasteiger partial charge in [-0.25, -0.2) is 0 Å². The maximum absolute atomic E-state index is 12.6. The minimum atomic E-state index is -4.26. The van der Waals surface area contributed by atoms with E-state index in [0.29, 0.717) is 16.3 Å². The van der Waals surface area contributed by atoms with Crippen LogP contribution < -0.4 is 4.90 Å². The minimum Gasteiger partial charge on any atom is -0.360 e. The van der Waals surface area contributed by atoms with Gasteiger partial charge in [0.15, 0.2) is 0 Å². The van der Waals surface area contributed by atoms with Crippen molar-refractivity contribution in [2.24, 2.45) is 0 Å². The molecular formula is C12H14Cl2F3N. The number of hydrogen-bond acceptors (Lipinski definition) is 1. The molecule has 1 nitrogen and oxygen atoms in total. The Bertz CT molecular complexity index is 405. The first kappa shape index (κ1) is 15.4. The van der Waals surface area contributed by atoms with Crippen molar-refractivity contribution in [3.8, 4) is 0 Å². The third-order valence-electron chi connectivity index (χ3n) is 2.47. The van der Waals surface area contributed by atoms with Gasteiger partial charge in [0.1, 0.15) is 6.54 Å². The van der Waals surface area contributed by atoms with Crippen LogP contribution in [0, 0.1) is 0 Å². The summed E-state index contributed by atoms with van der Waals surface area (Å²) in [4.78, 5) is 1.27. The van der Waals surface area contributed by atoms with Gasteiger partial charge in [0.2, 0.25) is 0 Å². The molecule has 0 saturated carbocycles. The molecule has 0 saturated heterocycles. The van der Waals surface area contributed by atoms with E-state index in [2.05, 4.69) is 0 Å². The molecule has 0 fully saturated rings. The highest BCUT2D eigenvalue weighted by atomic mass is 35.5. The summed E-state index contributed by atoms with van der Waals surface area (Å²) in [5.41, 5.74) is 1.07. The summed E-state index contributed by atoms with van der Waals surface area (Å²) in [5, 5.41) is 0.463. The van der Waals surface area contributed by atoms with Gasteiger partial charge in [-0.15, -0.1) is 11.6 Å². The number of hydrogen-bond donors (Lipinski definition) is 0. The van der Waals surface area contributed by atoms with Gasteiger partial charge in [-0.1, -0.05) is 11.6 Å². The summed E-state index contributed by atoms with van der Waals surface area (Å²) in [6, 6.07) is 4.45. The lowest BCUT2D eigenvalue weighted by atomic mass is 10.1. The fraction of sp³-hybridized carbons (Fsp3) is 0.500. The predicted molar refractivity (Wildman–Crippen MR) is 69.5 cm³/mol. The predicted octanol–water partition coefficient (Wildman–Crippen LogP) is 4.86. The molecule has 0 atom stereocenters. The van der Waals surface area contributed by atoms with Crippen LogP contribution in [-0.4, -0.2) is 18.8 Å². The van der Waals surface area contributed by atoms with Crippen LogP contribution >= 0.6 is 23.2 Å². The van der Waals surface area contributed by atoms with Crippen molar-refractivity contribution in [2.45, 2.75) is 31.9 Å². The van der Waals surface area contributed by atoms with E-state index in [4.69, 9.17) is 23.2 Å². The first-order valence-corrected chi connectivity index (χ1v) is 6.33. The van der Waals surface area contributed by atoms with E-state index in [1.54, 1.807) is 32.0 Å². The monoisotopic (exact) mass is 299 g/mol. The second-order valence-electron chi connectivity index (χ2n) is 4.24. The Morgan fingerprint density at radius 1 is 1.28 bits per heavy atom. The highest BCUT2D eigenvalue weighted by Gasteiger charge is 2.32. The SMILES string of the molecule is CC(C)N(CC(F)(F)F)c1ccc(Cl)cc1CCl. The van der Waals surface area contributed by atoms with E-state index in [0.717, 1.165) is 0 Å². The standard InChI is InChI=1S/C12H14Cl2F3N/c1-8(2)18(7-12(15,16)17)11-4-3-10(14)5-9(11)6-13/h3-5,8H,6-7H2,1-2H3. The van der Waals surface area contributed by atoms with E-state index in [1.807, 2.05) is 0 Å². The Morgan fingerprint density at radius 2 is 1.89 bits per heavy atom. The zero-order valence-electron chi connectivity index (χ0n) is 10.1. The van der Waals surface area contributed by atoms with Crippen LogP contribution in [0.5, 0.6) is 0 Å². The molecule has 0 aliphatic carbocycles. The summed E-state index contributed by atoms with van der Waals surface area (Å²) in [6.45, 7) is 2.41. The maximum Gasteiger partial charge on any atom is 0.405 e. The molecule has 0 aliphatic rings. The Kier molecular flexibility index (Phi) is 5.17. The topological polar surface area (TPSA) is 3.24 Å². The molecule has 0 amide bonds. The Morgan fingerprint density at radius 3 is 2.33 bits per heavy atom. The average molecular weight is 300 g/mol. The van der Waals surface area contributed by atoms with Gasteiger partial charge >= 0.3 is 6.18 Å². The number of nitrogens with zero attached hydrogens (tertiary/aromatic N) is 1. The summed E-state index contributed by atoms with van der Waals surface area (Å²) in [6.07, 6.45) is -4.26. The van der Waals surface area contributed by atoms with Gasteiger partial charge in [0.05, 0.1) is 0 Å². The third-order valence-corrected chi connectivity index (χ3v) is 2.99. The summed E-state index contributed by atoms with van der Waals surface area (Å²) >= 11 is 11.6. The van der Waals surface area contributed by atoms with E-state index >= 15 is 0 Å². The van der Waals surface area contributed by atoms with Gasteiger partial charge in [-0.05, 0) is 37.6 Å². The fourth-order valence-electron chi connectivity index (χ4n) is 1.68. The molecule has 0 bridgehead atoms. The van der Waals surface area contributed by atoms with E-state index in [9.17, 15) is 13.2 Å². The average Bonchev–Trinajstić information content (AvgIpc) is 2.24. The number of benzene rings is 1. The highest BCUT2D eigenvalue weighted by molar-refractivity contribution is 6.30. The number of alkyl halides is 4. The largest absolute Gasteiger partial charge is 0.405 e. The molecular weight excluding hydrogens is 286 g/mol. The summed E-state index contributed by atoms with van der Waals surface area (Å²) < 4.78 is 37.7.